The fourth-order valence-corrected chi connectivity index (χ4v) is 1.20. The fraction of sp³-hybridized carbons (Fsp3) is 0.400. The SMILES string of the molecule is N[C@H](c1ccccc1OC(F)(F)C(F)F)C(F)(F)F. The van der Waals surface area contributed by atoms with E-state index in [1.807, 2.05) is 0 Å². The van der Waals surface area contributed by atoms with Crippen molar-refractivity contribution in [1.82, 2.24) is 0 Å². The molecule has 0 unspecified atom stereocenters. The molecule has 0 aromatic heterocycles. The molecule has 0 spiro atoms. The normalized spacial score (nSPS) is 14.6. The van der Waals surface area contributed by atoms with E-state index in [9.17, 15) is 30.7 Å². The molecule has 2 nitrogen and oxygen atoms in total. The highest BCUT2D eigenvalue weighted by Gasteiger charge is 2.46. The van der Waals surface area contributed by atoms with Crippen LogP contribution in [-0.4, -0.2) is 18.7 Å². The number of alkyl halides is 7. The highest BCUT2D eigenvalue weighted by Crippen LogP contribution is 2.37. The molecule has 1 rings (SSSR count). The molecule has 0 amide bonds. The summed E-state index contributed by atoms with van der Waals surface area (Å²) in [7, 11) is 0. The Morgan fingerprint density at radius 3 is 2.00 bits per heavy atom. The van der Waals surface area contributed by atoms with Gasteiger partial charge in [-0.2, -0.15) is 30.7 Å². The molecule has 0 saturated heterocycles. The van der Waals surface area contributed by atoms with E-state index in [1.165, 1.54) is 0 Å². The third-order valence-corrected chi connectivity index (χ3v) is 2.11. The lowest BCUT2D eigenvalue weighted by Gasteiger charge is -2.22. The number of nitrogens with two attached hydrogens (primary N) is 1. The monoisotopic (exact) mass is 291 g/mol. The second kappa shape index (κ2) is 5.24. The average Bonchev–Trinajstić information content (AvgIpc) is 2.27. The molecule has 19 heavy (non-hydrogen) atoms. The summed E-state index contributed by atoms with van der Waals surface area (Å²) in [6, 6.07) is 1.02. The van der Waals surface area contributed by atoms with Crippen molar-refractivity contribution in [2.45, 2.75) is 24.8 Å². The number of para-hydroxylation sites is 1. The quantitative estimate of drug-likeness (QED) is 0.862. The van der Waals surface area contributed by atoms with Crippen molar-refractivity contribution in [3.05, 3.63) is 29.8 Å². The van der Waals surface area contributed by atoms with Crippen LogP contribution in [-0.2, 0) is 0 Å². The lowest BCUT2D eigenvalue weighted by Crippen LogP contribution is -2.35. The van der Waals surface area contributed by atoms with Gasteiger partial charge >= 0.3 is 18.7 Å². The van der Waals surface area contributed by atoms with E-state index in [4.69, 9.17) is 5.73 Å². The smallest absolute Gasteiger partial charge is 0.428 e. The Morgan fingerprint density at radius 2 is 1.53 bits per heavy atom. The van der Waals surface area contributed by atoms with Crippen LogP contribution in [0.1, 0.15) is 11.6 Å². The maximum Gasteiger partial charge on any atom is 0.461 e. The molecule has 1 aromatic rings. The Hall–Kier alpha value is -1.51. The van der Waals surface area contributed by atoms with Crippen LogP contribution in [0, 0.1) is 0 Å². The summed E-state index contributed by atoms with van der Waals surface area (Å²) in [5.41, 5.74) is 3.98. The number of rotatable bonds is 4. The summed E-state index contributed by atoms with van der Waals surface area (Å²) in [5, 5.41) is 0. The first-order chi connectivity index (χ1) is 8.55. The third-order valence-electron chi connectivity index (χ3n) is 2.11. The number of benzene rings is 1. The topological polar surface area (TPSA) is 35.2 Å². The van der Waals surface area contributed by atoms with Crippen LogP contribution < -0.4 is 10.5 Å². The van der Waals surface area contributed by atoms with E-state index >= 15 is 0 Å². The number of hydrogen-bond acceptors (Lipinski definition) is 2. The zero-order valence-corrected chi connectivity index (χ0v) is 9.10. The molecule has 0 fully saturated rings. The van der Waals surface area contributed by atoms with Crippen molar-refractivity contribution >= 4 is 0 Å². The van der Waals surface area contributed by atoms with Gasteiger partial charge in [-0.15, -0.1) is 0 Å². The summed E-state index contributed by atoms with van der Waals surface area (Å²) in [5.74, 6) is -1.04. The molecule has 0 saturated carbocycles. The molecule has 9 heteroatoms. The van der Waals surface area contributed by atoms with Crippen LogP contribution in [0.3, 0.4) is 0 Å². The first kappa shape index (κ1) is 15.5. The predicted molar refractivity (Wildman–Crippen MR) is 51.0 cm³/mol. The Kier molecular flexibility index (Phi) is 4.28. The predicted octanol–water partition coefficient (Wildman–Crippen LogP) is 3.49. The van der Waals surface area contributed by atoms with Crippen LogP contribution in [0.25, 0.3) is 0 Å². The summed E-state index contributed by atoms with van der Waals surface area (Å²) >= 11 is 0. The van der Waals surface area contributed by atoms with Gasteiger partial charge in [-0.05, 0) is 6.07 Å². The van der Waals surface area contributed by atoms with Gasteiger partial charge in [0.15, 0.2) is 0 Å². The summed E-state index contributed by atoms with van der Waals surface area (Å²) in [6.45, 7) is 0. The minimum absolute atomic E-state index is 0.706. The van der Waals surface area contributed by atoms with Gasteiger partial charge in [-0.1, -0.05) is 18.2 Å². The highest BCUT2D eigenvalue weighted by molar-refractivity contribution is 5.36. The highest BCUT2D eigenvalue weighted by atomic mass is 19.4. The van der Waals surface area contributed by atoms with E-state index in [0.29, 0.717) is 6.07 Å². The van der Waals surface area contributed by atoms with Gasteiger partial charge in [-0.25, -0.2) is 0 Å². The number of ether oxygens (including phenoxy) is 1. The van der Waals surface area contributed by atoms with Gasteiger partial charge in [0.2, 0.25) is 0 Å². The van der Waals surface area contributed by atoms with E-state index in [1.54, 1.807) is 0 Å². The molecule has 108 valence electrons. The molecule has 0 aliphatic carbocycles. The molecular weight excluding hydrogens is 283 g/mol. The zero-order valence-electron chi connectivity index (χ0n) is 9.10. The number of hydrogen-bond donors (Lipinski definition) is 1. The van der Waals surface area contributed by atoms with Crippen molar-refractivity contribution in [2.24, 2.45) is 5.73 Å². The van der Waals surface area contributed by atoms with Crippen LogP contribution in [0.2, 0.25) is 0 Å². The van der Waals surface area contributed by atoms with Crippen molar-refractivity contribution in [3.63, 3.8) is 0 Å². The van der Waals surface area contributed by atoms with Gasteiger partial charge in [-0.3, -0.25) is 0 Å². The molecular formula is C10H8F7NO. The van der Waals surface area contributed by atoms with E-state index < -0.39 is 36.1 Å². The largest absolute Gasteiger partial charge is 0.461 e. The third kappa shape index (κ3) is 3.72. The Balaban J connectivity index is 3.10. The molecule has 0 radical (unpaired) electrons. The van der Waals surface area contributed by atoms with Crippen LogP contribution in [0.15, 0.2) is 24.3 Å². The molecule has 1 aromatic carbocycles. The molecule has 1 atom stereocenters. The van der Waals surface area contributed by atoms with Gasteiger partial charge in [0.05, 0.1) is 0 Å². The second-order valence-corrected chi connectivity index (χ2v) is 3.52. The first-order valence-electron chi connectivity index (χ1n) is 4.82. The van der Waals surface area contributed by atoms with Gasteiger partial charge < -0.3 is 10.5 Å². The van der Waals surface area contributed by atoms with E-state index in [-0.39, 0.29) is 0 Å². The minimum atomic E-state index is -4.92. The van der Waals surface area contributed by atoms with E-state index in [0.717, 1.165) is 18.2 Å². The fourth-order valence-electron chi connectivity index (χ4n) is 1.20. The second-order valence-electron chi connectivity index (χ2n) is 3.52. The minimum Gasteiger partial charge on any atom is -0.428 e. The van der Waals surface area contributed by atoms with Gasteiger partial charge in [0, 0.05) is 5.56 Å². The molecule has 0 heterocycles. The van der Waals surface area contributed by atoms with Crippen LogP contribution in [0.5, 0.6) is 5.75 Å². The molecule has 0 aliphatic rings. The number of halogens is 7. The van der Waals surface area contributed by atoms with Gasteiger partial charge in [0.1, 0.15) is 11.8 Å². The molecule has 0 aliphatic heterocycles. The summed E-state index contributed by atoms with van der Waals surface area (Å²) in [4.78, 5) is 0. The summed E-state index contributed by atoms with van der Waals surface area (Å²) in [6.07, 6.45) is -14.0. The zero-order chi connectivity index (χ0) is 14.8. The van der Waals surface area contributed by atoms with Crippen molar-refractivity contribution in [2.75, 3.05) is 0 Å². The summed E-state index contributed by atoms with van der Waals surface area (Å²) < 4.78 is 90.0. The standard InChI is InChI=1S/C10H8F7NO/c11-8(12)10(16,17)19-6-4-2-1-3-5(6)7(18)9(13,14)15/h1-4,7-8H,18H2/t7-/m1/s1. The van der Waals surface area contributed by atoms with Gasteiger partial charge in [0.25, 0.3) is 0 Å². The Labute approximate surface area is 103 Å². The first-order valence-corrected chi connectivity index (χ1v) is 4.82. The Bertz CT molecular complexity index is 432. The van der Waals surface area contributed by atoms with E-state index in [2.05, 4.69) is 4.74 Å². The van der Waals surface area contributed by atoms with Crippen molar-refractivity contribution in [3.8, 4) is 5.75 Å². The van der Waals surface area contributed by atoms with Crippen LogP contribution >= 0.6 is 0 Å². The lowest BCUT2D eigenvalue weighted by molar-refractivity contribution is -0.254. The lowest BCUT2D eigenvalue weighted by atomic mass is 10.1. The average molecular weight is 291 g/mol. The molecule has 0 bridgehead atoms. The Morgan fingerprint density at radius 1 is 1.00 bits per heavy atom. The van der Waals surface area contributed by atoms with Crippen molar-refractivity contribution < 1.29 is 35.5 Å². The molecule has 2 N–H and O–H groups in total. The van der Waals surface area contributed by atoms with Crippen LogP contribution in [0.4, 0.5) is 30.7 Å². The maximum absolute atomic E-state index is 12.7. The van der Waals surface area contributed by atoms with Crippen molar-refractivity contribution in [1.29, 1.82) is 0 Å². The maximum atomic E-state index is 12.7.